The van der Waals surface area contributed by atoms with Gasteiger partial charge in [0.05, 0.1) is 4.88 Å². The summed E-state index contributed by atoms with van der Waals surface area (Å²) in [4.78, 5) is 36.7. The molecule has 8 nitrogen and oxygen atoms in total. The lowest BCUT2D eigenvalue weighted by Crippen LogP contribution is -2.42. The van der Waals surface area contributed by atoms with Crippen molar-refractivity contribution in [3.8, 4) is 0 Å². The fourth-order valence-electron chi connectivity index (χ4n) is 1.93. The van der Waals surface area contributed by atoms with Crippen LogP contribution in [-0.4, -0.2) is 35.1 Å². The van der Waals surface area contributed by atoms with Gasteiger partial charge in [-0.05, 0) is 31.7 Å². The summed E-state index contributed by atoms with van der Waals surface area (Å²) >= 11 is 1.27. The van der Waals surface area contributed by atoms with E-state index in [1.165, 1.54) is 18.3 Å². The molecule has 2 aromatic heterocycles. The first-order valence-corrected chi connectivity index (χ1v) is 8.57. The molecule has 0 aromatic carbocycles. The summed E-state index contributed by atoms with van der Waals surface area (Å²) < 4.78 is 10.1. The van der Waals surface area contributed by atoms with Crippen LogP contribution < -0.4 is 10.6 Å². The third-order valence-corrected chi connectivity index (χ3v) is 4.12. The molecule has 0 aliphatic heterocycles. The zero-order valence-electron chi connectivity index (χ0n) is 14.1. The van der Waals surface area contributed by atoms with Crippen molar-refractivity contribution in [2.45, 2.75) is 39.3 Å². The van der Waals surface area contributed by atoms with Gasteiger partial charge in [-0.25, -0.2) is 4.79 Å². The summed E-state index contributed by atoms with van der Waals surface area (Å²) in [5, 5.41) is 10.5. The standard InChI is InChI=1S/C16H19N3O5S/c1-4-11(14(20)18-13-8-9(2)24-19-13)23-16(22)10(3)17-15(21)12-6-5-7-25-12/h5-8,10-11H,4H2,1-3H3,(H,17,21)(H,18,19,20). The molecule has 2 atom stereocenters. The first-order chi connectivity index (χ1) is 11.9. The summed E-state index contributed by atoms with van der Waals surface area (Å²) in [7, 11) is 0. The Morgan fingerprint density at radius 1 is 1.40 bits per heavy atom. The minimum Gasteiger partial charge on any atom is -0.451 e. The first kappa shape index (κ1) is 18.7. The van der Waals surface area contributed by atoms with E-state index in [1.807, 2.05) is 0 Å². The number of anilines is 1. The third kappa shape index (κ3) is 5.15. The van der Waals surface area contributed by atoms with Gasteiger partial charge in [-0.3, -0.25) is 9.59 Å². The van der Waals surface area contributed by atoms with E-state index in [0.29, 0.717) is 10.6 Å². The molecule has 2 unspecified atom stereocenters. The highest BCUT2D eigenvalue weighted by molar-refractivity contribution is 7.12. The molecule has 0 fully saturated rings. The van der Waals surface area contributed by atoms with Gasteiger partial charge in [-0.15, -0.1) is 11.3 Å². The van der Waals surface area contributed by atoms with Crippen LogP contribution in [0, 0.1) is 6.92 Å². The van der Waals surface area contributed by atoms with E-state index in [1.54, 1.807) is 37.4 Å². The fourth-order valence-corrected chi connectivity index (χ4v) is 2.56. The Hall–Kier alpha value is -2.68. The van der Waals surface area contributed by atoms with E-state index in [4.69, 9.17) is 9.26 Å². The van der Waals surface area contributed by atoms with E-state index >= 15 is 0 Å². The van der Waals surface area contributed by atoms with Crippen LogP contribution in [0.1, 0.15) is 35.7 Å². The Morgan fingerprint density at radius 3 is 2.72 bits per heavy atom. The Kier molecular flexibility index (Phi) is 6.29. The monoisotopic (exact) mass is 365 g/mol. The number of thiophene rings is 1. The molecule has 0 aliphatic carbocycles. The number of esters is 1. The van der Waals surface area contributed by atoms with Crippen LogP contribution in [0.4, 0.5) is 5.82 Å². The molecule has 0 spiro atoms. The molecule has 2 rings (SSSR count). The van der Waals surface area contributed by atoms with Gasteiger partial charge < -0.3 is 19.9 Å². The Morgan fingerprint density at radius 2 is 2.16 bits per heavy atom. The van der Waals surface area contributed by atoms with Crippen LogP contribution in [-0.2, 0) is 14.3 Å². The number of aryl methyl sites for hydroxylation is 1. The van der Waals surface area contributed by atoms with Crippen LogP contribution in [0.25, 0.3) is 0 Å². The number of aromatic nitrogens is 1. The molecular weight excluding hydrogens is 346 g/mol. The number of hydrogen-bond donors (Lipinski definition) is 2. The van der Waals surface area contributed by atoms with Crippen LogP contribution >= 0.6 is 11.3 Å². The molecule has 25 heavy (non-hydrogen) atoms. The maximum atomic E-state index is 12.2. The van der Waals surface area contributed by atoms with Crippen LogP contribution in [0.2, 0.25) is 0 Å². The zero-order valence-corrected chi connectivity index (χ0v) is 14.9. The van der Waals surface area contributed by atoms with Gasteiger partial charge in [0.25, 0.3) is 11.8 Å². The second-order valence-corrected chi connectivity index (χ2v) is 6.27. The topological polar surface area (TPSA) is 111 Å². The zero-order chi connectivity index (χ0) is 18.4. The Labute approximate surface area is 148 Å². The van der Waals surface area contributed by atoms with E-state index in [0.717, 1.165) is 0 Å². The molecule has 134 valence electrons. The van der Waals surface area contributed by atoms with Crippen molar-refractivity contribution in [1.29, 1.82) is 0 Å². The van der Waals surface area contributed by atoms with Gasteiger partial charge in [-0.1, -0.05) is 18.1 Å². The molecular formula is C16H19N3O5S. The Bertz CT molecular complexity index is 741. The van der Waals surface area contributed by atoms with Crippen LogP contribution in [0.3, 0.4) is 0 Å². The number of hydrogen-bond acceptors (Lipinski definition) is 7. The van der Waals surface area contributed by atoms with Gasteiger partial charge in [0.1, 0.15) is 11.8 Å². The largest absolute Gasteiger partial charge is 0.451 e. The third-order valence-electron chi connectivity index (χ3n) is 3.25. The van der Waals surface area contributed by atoms with Crippen LogP contribution in [0.15, 0.2) is 28.1 Å². The highest BCUT2D eigenvalue weighted by Gasteiger charge is 2.26. The van der Waals surface area contributed by atoms with Crippen molar-refractivity contribution in [2.75, 3.05) is 5.32 Å². The molecule has 0 aliphatic rings. The summed E-state index contributed by atoms with van der Waals surface area (Å²) in [6.45, 7) is 4.90. The van der Waals surface area contributed by atoms with Crippen molar-refractivity contribution in [3.63, 3.8) is 0 Å². The molecule has 0 saturated carbocycles. The fraction of sp³-hybridized carbons (Fsp3) is 0.375. The van der Waals surface area contributed by atoms with Gasteiger partial charge in [0, 0.05) is 6.07 Å². The van der Waals surface area contributed by atoms with Crippen molar-refractivity contribution in [3.05, 3.63) is 34.2 Å². The lowest BCUT2D eigenvalue weighted by molar-refractivity contribution is -0.155. The number of nitrogens with zero attached hydrogens (tertiary/aromatic N) is 1. The Balaban J connectivity index is 1.89. The molecule has 2 heterocycles. The second kappa shape index (κ2) is 8.43. The summed E-state index contributed by atoms with van der Waals surface area (Å²) in [5.74, 6) is -0.777. The highest BCUT2D eigenvalue weighted by atomic mass is 32.1. The number of amides is 2. The quantitative estimate of drug-likeness (QED) is 0.727. The van der Waals surface area contributed by atoms with Gasteiger partial charge in [0.15, 0.2) is 11.9 Å². The molecule has 0 bridgehead atoms. The lowest BCUT2D eigenvalue weighted by atomic mass is 10.2. The van der Waals surface area contributed by atoms with E-state index in [-0.39, 0.29) is 18.1 Å². The number of carbonyl (C=O) groups excluding carboxylic acids is 3. The normalized spacial score (nSPS) is 12.9. The number of ether oxygens (including phenoxy) is 1. The molecule has 2 N–H and O–H groups in total. The van der Waals surface area contributed by atoms with Crippen molar-refractivity contribution >= 4 is 34.9 Å². The maximum Gasteiger partial charge on any atom is 0.329 e. The van der Waals surface area contributed by atoms with Gasteiger partial charge in [-0.2, -0.15) is 0 Å². The number of carbonyl (C=O) groups is 3. The van der Waals surface area contributed by atoms with Crippen molar-refractivity contribution in [1.82, 2.24) is 10.5 Å². The number of rotatable bonds is 7. The van der Waals surface area contributed by atoms with E-state index in [2.05, 4.69) is 15.8 Å². The number of nitrogens with one attached hydrogen (secondary N) is 2. The molecule has 0 saturated heterocycles. The van der Waals surface area contributed by atoms with E-state index < -0.39 is 24.0 Å². The minimum absolute atomic E-state index is 0.246. The summed E-state index contributed by atoms with van der Waals surface area (Å²) in [6, 6.07) is 4.06. The predicted molar refractivity (Wildman–Crippen MR) is 91.3 cm³/mol. The average molecular weight is 365 g/mol. The molecule has 2 amide bonds. The van der Waals surface area contributed by atoms with Crippen LogP contribution in [0.5, 0.6) is 0 Å². The minimum atomic E-state index is -0.995. The molecule has 0 radical (unpaired) electrons. The first-order valence-electron chi connectivity index (χ1n) is 7.69. The average Bonchev–Trinajstić information content (AvgIpc) is 3.23. The van der Waals surface area contributed by atoms with Gasteiger partial charge >= 0.3 is 5.97 Å². The smallest absolute Gasteiger partial charge is 0.329 e. The van der Waals surface area contributed by atoms with Gasteiger partial charge in [0.2, 0.25) is 0 Å². The summed E-state index contributed by atoms with van der Waals surface area (Å²) in [6.07, 6.45) is -0.717. The lowest BCUT2D eigenvalue weighted by Gasteiger charge is -2.18. The molecule has 2 aromatic rings. The summed E-state index contributed by atoms with van der Waals surface area (Å²) in [5.41, 5.74) is 0. The second-order valence-electron chi connectivity index (χ2n) is 5.32. The SMILES string of the molecule is CCC(OC(=O)C(C)NC(=O)c1cccs1)C(=O)Nc1cc(C)on1. The highest BCUT2D eigenvalue weighted by Crippen LogP contribution is 2.11. The maximum absolute atomic E-state index is 12.2. The van der Waals surface area contributed by atoms with E-state index in [9.17, 15) is 14.4 Å². The van der Waals surface area contributed by atoms with Crippen molar-refractivity contribution in [2.24, 2.45) is 0 Å². The predicted octanol–water partition coefficient (Wildman–Crippen LogP) is 2.12. The molecule has 9 heteroatoms. The van der Waals surface area contributed by atoms with Crippen molar-refractivity contribution < 1.29 is 23.6 Å².